The summed E-state index contributed by atoms with van der Waals surface area (Å²) < 4.78 is 0. The van der Waals surface area contributed by atoms with Crippen molar-refractivity contribution in [1.29, 1.82) is 0 Å². The van der Waals surface area contributed by atoms with Crippen molar-refractivity contribution in [3.8, 4) is 0 Å². The fourth-order valence-corrected chi connectivity index (χ4v) is 2.54. The molecule has 0 aliphatic carbocycles. The summed E-state index contributed by atoms with van der Waals surface area (Å²) in [6.07, 6.45) is 0.471. The summed E-state index contributed by atoms with van der Waals surface area (Å²) in [5, 5.41) is 12.0. The molecule has 1 fully saturated rings. The number of rotatable bonds is 3. The first kappa shape index (κ1) is 12.9. The minimum absolute atomic E-state index is 0.00951. The third-order valence-electron chi connectivity index (χ3n) is 3.40. The molecule has 1 aliphatic rings. The Labute approximate surface area is 108 Å². The number of nitrogens with zero attached hydrogens (tertiary/aromatic N) is 1. The largest absolute Gasteiger partial charge is 0.396 e. The molecule has 1 atom stereocenters. The molecule has 1 heterocycles. The molecule has 1 aliphatic heterocycles. The van der Waals surface area contributed by atoms with Gasteiger partial charge in [0.2, 0.25) is 5.91 Å². The number of hydrogen-bond donors (Lipinski definition) is 2. The van der Waals surface area contributed by atoms with Crippen LogP contribution in [0.4, 0.5) is 5.69 Å². The van der Waals surface area contributed by atoms with Crippen LogP contribution in [0.2, 0.25) is 0 Å². The van der Waals surface area contributed by atoms with Crippen LogP contribution in [0, 0.1) is 13.8 Å². The fraction of sp³-hybridized carbons (Fsp3) is 0.500. The lowest BCUT2D eigenvalue weighted by molar-refractivity contribution is -0.123. The van der Waals surface area contributed by atoms with Crippen LogP contribution in [0.15, 0.2) is 18.2 Å². The van der Waals surface area contributed by atoms with Crippen molar-refractivity contribution in [1.82, 2.24) is 5.32 Å². The van der Waals surface area contributed by atoms with E-state index in [-0.39, 0.29) is 18.6 Å². The number of amides is 1. The summed E-state index contributed by atoms with van der Waals surface area (Å²) >= 11 is 0. The monoisotopic (exact) mass is 248 g/mol. The topological polar surface area (TPSA) is 52.6 Å². The Bertz CT molecular complexity index is 445. The average Bonchev–Trinajstić information content (AvgIpc) is 2.32. The van der Waals surface area contributed by atoms with Gasteiger partial charge < -0.3 is 15.3 Å². The molecule has 0 aromatic heterocycles. The smallest absolute Gasteiger partial charge is 0.242 e. The Morgan fingerprint density at radius 1 is 1.44 bits per heavy atom. The molecule has 98 valence electrons. The first-order valence-corrected chi connectivity index (χ1v) is 6.36. The van der Waals surface area contributed by atoms with Gasteiger partial charge in [-0.25, -0.2) is 0 Å². The molecule has 18 heavy (non-hydrogen) atoms. The van der Waals surface area contributed by atoms with E-state index in [1.807, 2.05) is 0 Å². The number of anilines is 1. The minimum Gasteiger partial charge on any atom is -0.396 e. The maximum atomic E-state index is 11.9. The van der Waals surface area contributed by atoms with Gasteiger partial charge in [0, 0.05) is 25.4 Å². The zero-order chi connectivity index (χ0) is 13.1. The normalized spacial score (nSPS) is 19.8. The first-order valence-electron chi connectivity index (χ1n) is 6.36. The zero-order valence-electron chi connectivity index (χ0n) is 10.9. The Kier molecular flexibility index (Phi) is 3.87. The fourth-order valence-electron chi connectivity index (χ4n) is 2.54. The highest BCUT2D eigenvalue weighted by molar-refractivity contribution is 5.86. The van der Waals surface area contributed by atoms with Crippen molar-refractivity contribution in [2.75, 3.05) is 24.6 Å². The Balaban J connectivity index is 2.31. The van der Waals surface area contributed by atoms with Crippen molar-refractivity contribution in [3.05, 3.63) is 29.3 Å². The number of nitrogens with one attached hydrogen (secondary N) is 1. The molecule has 0 saturated carbocycles. The van der Waals surface area contributed by atoms with E-state index in [9.17, 15) is 4.79 Å². The van der Waals surface area contributed by atoms with Gasteiger partial charge in [0.05, 0.1) is 0 Å². The van der Waals surface area contributed by atoms with Crippen molar-refractivity contribution in [2.45, 2.75) is 26.3 Å². The molecule has 0 spiro atoms. The lowest BCUT2D eigenvalue weighted by Gasteiger charge is -2.37. The predicted octanol–water partition coefficient (Wildman–Crippen LogP) is 0.991. The summed E-state index contributed by atoms with van der Waals surface area (Å²) in [5.74, 6) is 0.00951. The van der Waals surface area contributed by atoms with Crippen molar-refractivity contribution < 1.29 is 9.90 Å². The highest BCUT2D eigenvalue weighted by Crippen LogP contribution is 2.25. The Morgan fingerprint density at radius 3 is 2.89 bits per heavy atom. The molecule has 4 heteroatoms. The maximum Gasteiger partial charge on any atom is 0.242 e. The van der Waals surface area contributed by atoms with E-state index < -0.39 is 0 Å². The SMILES string of the molecule is Cc1ccc(N2CCNC(=O)C2CCO)c(C)c1. The van der Waals surface area contributed by atoms with Crippen LogP contribution in [-0.2, 0) is 4.79 Å². The number of carbonyl (C=O) groups is 1. The number of carbonyl (C=O) groups excluding carboxylic acids is 1. The molecule has 1 unspecified atom stereocenters. The van der Waals surface area contributed by atoms with E-state index in [4.69, 9.17) is 5.11 Å². The van der Waals surface area contributed by atoms with Crippen molar-refractivity contribution in [3.63, 3.8) is 0 Å². The third kappa shape index (κ3) is 2.48. The summed E-state index contributed by atoms with van der Waals surface area (Å²) in [7, 11) is 0. The molecule has 1 amide bonds. The molecule has 0 bridgehead atoms. The molecule has 1 saturated heterocycles. The molecule has 4 nitrogen and oxygen atoms in total. The first-order chi connectivity index (χ1) is 8.63. The van der Waals surface area contributed by atoms with Crippen molar-refractivity contribution in [2.24, 2.45) is 0 Å². The molecule has 2 rings (SSSR count). The predicted molar refractivity (Wildman–Crippen MR) is 71.8 cm³/mol. The van der Waals surface area contributed by atoms with Gasteiger partial charge in [0.15, 0.2) is 0 Å². The van der Waals surface area contributed by atoms with Gasteiger partial charge in [0.25, 0.3) is 0 Å². The van der Waals surface area contributed by atoms with E-state index in [0.717, 1.165) is 12.2 Å². The summed E-state index contributed by atoms with van der Waals surface area (Å²) in [6.45, 7) is 5.60. The molecule has 1 aromatic rings. The van der Waals surface area contributed by atoms with Gasteiger partial charge >= 0.3 is 0 Å². The molecule has 1 aromatic carbocycles. The lowest BCUT2D eigenvalue weighted by atomic mass is 10.0. The number of benzene rings is 1. The highest BCUT2D eigenvalue weighted by atomic mass is 16.3. The van der Waals surface area contributed by atoms with E-state index >= 15 is 0 Å². The van der Waals surface area contributed by atoms with E-state index in [0.29, 0.717) is 13.0 Å². The average molecular weight is 248 g/mol. The summed E-state index contributed by atoms with van der Waals surface area (Å²) in [6, 6.07) is 5.99. The minimum atomic E-state index is -0.259. The van der Waals surface area contributed by atoms with Crippen molar-refractivity contribution >= 4 is 11.6 Å². The second-order valence-electron chi connectivity index (χ2n) is 4.80. The van der Waals surface area contributed by atoms with Crippen LogP contribution in [0.1, 0.15) is 17.5 Å². The van der Waals surface area contributed by atoms with Crippen LogP contribution < -0.4 is 10.2 Å². The Hall–Kier alpha value is -1.55. The summed E-state index contributed by atoms with van der Waals surface area (Å²) in [4.78, 5) is 14.0. The van der Waals surface area contributed by atoms with Crippen LogP contribution >= 0.6 is 0 Å². The van der Waals surface area contributed by atoms with Gasteiger partial charge in [-0.3, -0.25) is 4.79 Å². The molecule has 2 N–H and O–H groups in total. The third-order valence-corrected chi connectivity index (χ3v) is 3.40. The lowest BCUT2D eigenvalue weighted by Crippen LogP contribution is -2.56. The number of aliphatic hydroxyl groups is 1. The van der Waals surface area contributed by atoms with Crippen LogP contribution in [-0.4, -0.2) is 36.8 Å². The van der Waals surface area contributed by atoms with Crippen LogP contribution in [0.25, 0.3) is 0 Å². The zero-order valence-corrected chi connectivity index (χ0v) is 10.9. The van der Waals surface area contributed by atoms with E-state index in [2.05, 4.69) is 42.3 Å². The van der Waals surface area contributed by atoms with Gasteiger partial charge in [-0.05, 0) is 31.9 Å². The number of hydrogen-bond acceptors (Lipinski definition) is 3. The quantitative estimate of drug-likeness (QED) is 0.838. The number of aliphatic hydroxyl groups excluding tert-OH is 1. The molecule has 0 radical (unpaired) electrons. The van der Waals surface area contributed by atoms with E-state index in [1.165, 1.54) is 11.1 Å². The second-order valence-corrected chi connectivity index (χ2v) is 4.80. The summed E-state index contributed by atoms with van der Waals surface area (Å²) in [5.41, 5.74) is 3.48. The molecular formula is C14H20N2O2. The van der Waals surface area contributed by atoms with Gasteiger partial charge in [-0.1, -0.05) is 17.7 Å². The number of aryl methyl sites for hydroxylation is 2. The second kappa shape index (κ2) is 5.40. The van der Waals surface area contributed by atoms with Gasteiger partial charge in [-0.15, -0.1) is 0 Å². The van der Waals surface area contributed by atoms with Crippen LogP contribution in [0.3, 0.4) is 0 Å². The maximum absolute atomic E-state index is 11.9. The van der Waals surface area contributed by atoms with Gasteiger partial charge in [0.1, 0.15) is 6.04 Å². The van der Waals surface area contributed by atoms with E-state index in [1.54, 1.807) is 0 Å². The number of piperazine rings is 1. The highest BCUT2D eigenvalue weighted by Gasteiger charge is 2.29. The Morgan fingerprint density at radius 2 is 2.22 bits per heavy atom. The molecular weight excluding hydrogens is 228 g/mol. The standard InChI is InChI=1S/C14H20N2O2/c1-10-3-4-12(11(2)9-10)16-7-6-15-14(18)13(16)5-8-17/h3-4,9,13,17H,5-8H2,1-2H3,(H,15,18). The van der Waals surface area contributed by atoms with Crippen LogP contribution in [0.5, 0.6) is 0 Å². The van der Waals surface area contributed by atoms with Gasteiger partial charge in [-0.2, -0.15) is 0 Å².